The monoisotopic (exact) mass is 538 g/mol. The van der Waals surface area contributed by atoms with Crippen LogP contribution in [0.3, 0.4) is 0 Å². The van der Waals surface area contributed by atoms with Crippen LogP contribution in [0.4, 0.5) is 5.82 Å². The second-order valence-electron chi connectivity index (χ2n) is 10.4. The highest BCUT2D eigenvalue weighted by Crippen LogP contribution is 2.26. The van der Waals surface area contributed by atoms with Crippen LogP contribution in [0.15, 0.2) is 48.8 Å². The molecule has 0 spiro atoms. The van der Waals surface area contributed by atoms with E-state index in [9.17, 15) is 18.3 Å². The van der Waals surface area contributed by atoms with Crippen molar-refractivity contribution in [2.24, 2.45) is 0 Å². The second-order valence-corrected chi connectivity index (χ2v) is 12.8. The van der Waals surface area contributed by atoms with E-state index in [1.165, 1.54) is 44.2 Å². The Balaban J connectivity index is 1.35. The summed E-state index contributed by atoms with van der Waals surface area (Å²) >= 11 is 0. The van der Waals surface area contributed by atoms with E-state index < -0.39 is 20.7 Å². The Kier molecular flexibility index (Phi) is 7.98. The van der Waals surface area contributed by atoms with E-state index in [0.717, 1.165) is 50.3 Å². The third-order valence-electron chi connectivity index (χ3n) is 6.65. The van der Waals surface area contributed by atoms with Gasteiger partial charge in [-0.25, -0.2) is 13.1 Å². The fourth-order valence-electron chi connectivity index (χ4n) is 4.19. The fourth-order valence-corrected chi connectivity index (χ4v) is 4.85. The van der Waals surface area contributed by atoms with Crippen LogP contribution in [-0.4, -0.2) is 70.4 Å². The third kappa shape index (κ3) is 6.28. The van der Waals surface area contributed by atoms with Gasteiger partial charge in [0.25, 0.3) is 5.91 Å². The smallest absolute Gasteiger partial charge is 0.285 e. The molecule has 3 aromatic rings. The lowest BCUT2D eigenvalue weighted by atomic mass is 9.98. The summed E-state index contributed by atoms with van der Waals surface area (Å²) in [6, 6.07) is 11.3. The number of carbonyl (C=O) groups excluding carboxylic acids is 1. The number of pyridine rings is 1. The first-order chi connectivity index (χ1) is 18.0. The number of aromatic hydroxyl groups is 1. The molecule has 0 aliphatic carbocycles. The van der Waals surface area contributed by atoms with E-state index in [4.69, 9.17) is 0 Å². The van der Waals surface area contributed by atoms with Gasteiger partial charge in [0, 0.05) is 44.5 Å². The van der Waals surface area contributed by atoms with E-state index in [1.807, 2.05) is 0 Å². The van der Waals surface area contributed by atoms with Crippen molar-refractivity contribution in [3.05, 3.63) is 65.6 Å². The zero-order chi connectivity index (χ0) is 27.5. The highest BCUT2D eigenvalue weighted by molar-refractivity contribution is 7.91. The molecule has 0 radical (unpaired) electrons. The molecule has 38 heavy (non-hydrogen) atoms. The van der Waals surface area contributed by atoms with Crippen molar-refractivity contribution in [2.45, 2.75) is 45.4 Å². The third-order valence-corrected chi connectivity index (χ3v) is 8.72. The van der Waals surface area contributed by atoms with Crippen LogP contribution in [0.1, 0.15) is 49.3 Å². The number of nitrogens with zero attached hydrogens (tertiary/aromatic N) is 5. The van der Waals surface area contributed by atoms with Crippen LogP contribution in [-0.2, 0) is 23.0 Å². The first-order valence-corrected chi connectivity index (χ1v) is 14.1. The highest BCUT2D eigenvalue weighted by Gasteiger charge is 2.31. The average molecular weight is 539 g/mol. The lowest BCUT2D eigenvalue weighted by molar-refractivity contribution is 0.0974. The number of sulfonamides is 1. The molecule has 1 aliphatic rings. The van der Waals surface area contributed by atoms with Gasteiger partial charge in [0.05, 0.1) is 10.9 Å². The molecule has 1 saturated heterocycles. The maximum Gasteiger partial charge on any atom is 0.285 e. The summed E-state index contributed by atoms with van der Waals surface area (Å²) in [5, 5.41) is 17.9. The Hall–Kier alpha value is -3.57. The van der Waals surface area contributed by atoms with Crippen LogP contribution in [0, 0.1) is 0 Å². The van der Waals surface area contributed by atoms with Gasteiger partial charge in [-0.05, 0) is 62.1 Å². The van der Waals surface area contributed by atoms with Crippen molar-refractivity contribution in [2.75, 3.05) is 31.1 Å². The minimum Gasteiger partial charge on any atom is -0.506 e. The van der Waals surface area contributed by atoms with Crippen molar-refractivity contribution in [3.8, 4) is 16.9 Å². The predicted molar refractivity (Wildman–Crippen MR) is 146 cm³/mol. The molecule has 0 bridgehead atoms. The summed E-state index contributed by atoms with van der Waals surface area (Å²) in [5.74, 6) is 0.0126. The van der Waals surface area contributed by atoms with Crippen molar-refractivity contribution in [1.29, 1.82) is 0 Å². The van der Waals surface area contributed by atoms with E-state index in [-0.39, 0.29) is 11.4 Å². The van der Waals surface area contributed by atoms with Gasteiger partial charge in [0.2, 0.25) is 10.0 Å². The second kappa shape index (κ2) is 11.0. The number of anilines is 1. The van der Waals surface area contributed by atoms with Crippen LogP contribution in [0.25, 0.3) is 11.1 Å². The number of carbonyl (C=O) groups is 1. The molecule has 11 heteroatoms. The highest BCUT2D eigenvalue weighted by atomic mass is 32.2. The molecule has 2 aromatic heterocycles. The topological polar surface area (TPSA) is 129 Å². The molecule has 0 saturated carbocycles. The van der Waals surface area contributed by atoms with Crippen LogP contribution in [0.5, 0.6) is 5.75 Å². The first kappa shape index (κ1) is 27.5. The summed E-state index contributed by atoms with van der Waals surface area (Å²) in [4.78, 5) is 20.9. The van der Waals surface area contributed by atoms with Crippen molar-refractivity contribution >= 4 is 21.7 Å². The average Bonchev–Trinajstić information content (AvgIpc) is 2.88. The number of piperazine rings is 1. The Labute approximate surface area is 223 Å². The van der Waals surface area contributed by atoms with Crippen LogP contribution in [0.2, 0.25) is 0 Å². The summed E-state index contributed by atoms with van der Waals surface area (Å²) < 4.78 is 25.4. The molecule has 1 fully saturated rings. The maximum absolute atomic E-state index is 12.4. The minimum atomic E-state index is -3.83. The van der Waals surface area contributed by atoms with Gasteiger partial charge >= 0.3 is 0 Å². The number of hydrogen-bond acceptors (Lipinski definition) is 9. The van der Waals surface area contributed by atoms with Crippen LogP contribution >= 0.6 is 0 Å². The van der Waals surface area contributed by atoms with Gasteiger partial charge in [-0.2, -0.15) is 0 Å². The zero-order valence-electron chi connectivity index (χ0n) is 22.2. The zero-order valence-corrected chi connectivity index (χ0v) is 23.0. The van der Waals surface area contributed by atoms with Gasteiger partial charge in [-0.3, -0.25) is 14.7 Å². The Morgan fingerprint density at radius 2 is 1.71 bits per heavy atom. The Morgan fingerprint density at radius 1 is 0.974 bits per heavy atom. The number of hydrogen-bond donors (Lipinski definition) is 2. The number of nitrogens with one attached hydrogen (secondary N) is 1. The Morgan fingerprint density at radius 3 is 2.32 bits per heavy atom. The van der Waals surface area contributed by atoms with E-state index in [1.54, 1.807) is 18.3 Å². The summed E-state index contributed by atoms with van der Waals surface area (Å²) in [7, 11) is -3.83. The SMILES string of the molecule is CCc1cc(-c2cncc(O)c2)ccc1CN1CCN(c2ccc(C(=O)NS(=O)(=O)C(C)(C)C)nn2)CC1. The van der Waals surface area contributed by atoms with Crippen molar-refractivity contribution < 1.29 is 18.3 Å². The molecule has 2 N–H and O–H groups in total. The number of rotatable bonds is 7. The number of aryl methyl sites for hydroxylation is 1. The fraction of sp³-hybridized carbons (Fsp3) is 0.407. The molecule has 202 valence electrons. The molecule has 1 amide bonds. The normalized spacial score (nSPS) is 14.9. The van der Waals surface area contributed by atoms with E-state index in [2.05, 4.69) is 54.8 Å². The maximum atomic E-state index is 12.4. The van der Waals surface area contributed by atoms with Crippen molar-refractivity contribution in [1.82, 2.24) is 24.8 Å². The molecule has 0 atom stereocenters. The quantitative estimate of drug-likeness (QED) is 0.466. The predicted octanol–water partition coefficient (Wildman–Crippen LogP) is 2.99. The molecule has 1 aromatic carbocycles. The van der Waals surface area contributed by atoms with Gasteiger partial charge < -0.3 is 10.0 Å². The van der Waals surface area contributed by atoms with Gasteiger partial charge in [0.15, 0.2) is 11.5 Å². The minimum absolute atomic E-state index is 0.0442. The molecular weight excluding hydrogens is 504 g/mol. The molecule has 10 nitrogen and oxygen atoms in total. The largest absolute Gasteiger partial charge is 0.506 e. The van der Waals surface area contributed by atoms with Crippen LogP contribution < -0.4 is 9.62 Å². The summed E-state index contributed by atoms with van der Waals surface area (Å²) in [6.07, 6.45) is 4.08. The lowest BCUT2D eigenvalue weighted by Gasteiger charge is -2.35. The van der Waals surface area contributed by atoms with E-state index in [0.29, 0.717) is 5.82 Å². The number of amides is 1. The van der Waals surface area contributed by atoms with Crippen molar-refractivity contribution in [3.63, 3.8) is 0 Å². The molecule has 3 heterocycles. The van der Waals surface area contributed by atoms with Gasteiger partial charge in [-0.1, -0.05) is 25.1 Å². The van der Waals surface area contributed by atoms with Gasteiger partial charge in [0.1, 0.15) is 5.75 Å². The van der Waals surface area contributed by atoms with Gasteiger partial charge in [-0.15, -0.1) is 10.2 Å². The number of aromatic nitrogens is 3. The lowest BCUT2D eigenvalue weighted by Crippen LogP contribution is -2.46. The summed E-state index contributed by atoms with van der Waals surface area (Å²) in [6.45, 7) is 10.7. The van der Waals surface area contributed by atoms with E-state index >= 15 is 0 Å². The number of benzene rings is 1. The molecule has 0 unspecified atom stereocenters. The molecular formula is C27H34N6O4S. The molecule has 1 aliphatic heterocycles. The summed E-state index contributed by atoms with van der Waals surface area (Å²) in [5.41, 5.74) is 4.42. The first-order valence-electron chi connectivity index (χ1n) is 12.6. The Bertz CT molecular complexity index is 1400. The molecule has 4 rings (SSSR count). The standard InChI is InChI=1S/C27H34N6O4S/c1-5-19-14-20(22-15-23(34)17-28-16-22)6-7-21(19)18-32-10-12-33(13-11-32)25-9-8-24(29-30-25)26(35)31-38(36,37)27(2,3)4/h6-9,14-17,34H,5,10-13,18H2,1-4H3,(H,31,35).